The van der Waals surface area contributed by atoms with Crippen LogP contribution in [0.2, 0.25) is 0 Å². The minimum absolute atomic E-state index is 0.341. The molecule has 0 spiro atoms. The molecule has 4 heteroatoms. The van der Waals surface area contributed by atoms with Crippen LogP contribution >= 0.6 is 15.9 Å². The Hall–Kier alpha value is -0.740. The van der Waals surface area contributed by atoms with Gasteiger partial charge in [0.2, 0.25) is 0 Å². The maximum absolute atomic E-state index is 6.14. The van der Waals surface area contributed by atoms with Crippen LogP contribution in [0.3, 0.4) is 0 Å². The van der Waals surface area contributed by atoms with Gasteiger partial charge in [0.25, 0.3) is 0 Å². The zero-order chi connectivity index (χ0) is 15.2. The molecule has 0 aromatic heterocycles. The van der Waals surface area contributed by atoms with E-state index in [1.807, 2.05) is 0 Å². The van der Waals surface area contributed by atoms with Crippen LogP contribution in [-0.4, -0.2) is 19.8 Å². The molecule has 0 heterocycles. The monoisotopic (exact) mass is 356 g/mol. The first-order valence-corrected chi connectivity index (χ1v) is 8.74. The molecule has 1 aliphatic carbocycles. The van der Waals surface area contributed by atoms with Gasteiger partial charge in [0, 0.05) is 11.5 Å². The van der Waals surface area contributed by atoms with Gasteiger partial charge in [-0.1, -0.05) is 13.8 Å². The van der Waals surface area contributed by atoms with Gasteiger partial charge >= 0.3 is 0 Å². The lowest BCUT2D eigenvalue weighted by atomic mass is 10.1. The van der Waals surface area contributed by atoms with Crippen molar-refractivity contribution in [2.24, 2.45) is 5.92 Å². The van der Waals surface area contributed by atoms with Gasteiger partial charge < -0.3 is 14.8 Å². The molecule has 0 unspecified atom stereocenters. The van der Waals surface area contributed by atoms with Gasteiger partial charge in [-0.2, -0.15) is 0 Å². The number of nitrogens with two attached hydrogens (primary N) is 1. The van der Waals surface area contributed by atoms with Crippen molar-refractivity contribution in [3.63, 3.8) is 0 Å². The van der Waals surface area contributed by atoms with Crippen molar-refractivity contribution >= 4 is 15.9 Å². The standard InChI is InChI=1S/C17H26BrNO2/c1-12(2)10-19-11-13-8-15(18)17(16(9-13)20-3)21-14-6-4-5-7-14/h8-9,12,14,19H,4-7,10-11H2,1-3H3/p+1. The number of hydrogen-bond acceptors (Lipinski definition) is 2. The van der Waals surface area contributed by atoms with Gasteiger partial charge in [-0.05, 0) is 53.7 Å². The maximum atomic E-state index is 6.14. The lowest BCUT2D eigenvalue weighted by molar-refractivity contribution is -0.675. The van der Waals surface area contributed by atoms with Crippen LogP contribution in [0.1, 0.15) is 45.1 Å². The molecule has 0 saturated heterocycles. The quantitative estimate of drug-likeness (QED) is 0.811. The fourth-order valence-corrected chi connectivity index (χ4v) is 3.34. The lowest BCUT2D eigenvalue weighted by Gasteiger charge is -2.18. The van der Waals surface area contributed by atoms with E-state index in [0.29, 0.717) is 12.0 Å². The van der Waals surface area contributed by atoms with E-state index < -0.39 is 0 Å². The first kappa shape index (κ1) is 16.6. The Morgan fingerprint density at radius 1 is 1.29 bits per heavy atom. The Morgan fingerprint density at radius 3 is 2.62 bits per heavy atom. The molecule has 0 radical (unpaired) electrons. The Kier molecular flexibility index (Phi) is 6.37. The normalized spacial score (nSPS) is 15.7. The predicted octanol–water partition coefficient (Wildman–Crippen LogP) is 3.50. The van der Waals surface area contributed by atoms with Crippen LogP contribution in [0, 0.1) is 5.92 Å². The number of benzene rings is 1. The molecular weight excluding hydrogens is 330 g/mol. The smallest absolute Gasteiger partial charge is 0.175 e. The fourth-order valence-electron chi connectivity index (χ4n) is 2.76. The number of methoxy groups -OCH3 is 1. The van der Waals surface area contributed by atoms with Crippen LogP contribution in [0.5, 0.6) is 11.5 Å². The summed E-state index contributed by atoms with van der Waals surface area (Å²) in [5.41, 5.74) is 1.26. The van der Waals surface area contributed by atoms with Gasteiger partial charge in [0.15, 0.2) is 11.5 Å². The summed E-state index contributed by atoms with van der Waals surface area (Å²) < 4.78 is 12.7. The second kappa shape index (κ2) is 8.04. The molecule has 1 aromatic carbocycles. The zero-order valence-corrected chi connectivity index (χ0v) is 14.9. The Bertz CT molecular complexity index is 456. The first-order chi connectivity index (χ1) is 10.1. The Balaban J connectivity index is 2.07. The third kappa shape index (κ3) is 4.89. The highest BCUT2D eigenvalue weighted by molar-refractivity contribution is 9.10. The second-order valence-electron chi connectivity index (χ2n) is 6.26. The first-order valence-electron chi connectivity index (χ1n) is 7.95. The van der Waals surface area contributed by atoms with E-state index in [1.54, 1.807) is 7.11 Å². The van der Waals surface area contributed by atoms with Gasteiger partial charge in [0.05, 0.1) is 24.2 Å². The molecule has 3 nitrogen and oxygen atoms in total. The zero-order valence-electron chi connectivity index (χ0n) is 13.3. The van der Waals surface area contributed by atoms with Crippen molar-refractivity contribution in [2.45, 2.75) is 52.2 Å². The number of rotatable bonds is 7. The average Bonchev–Trinajstić information content (AvgIpc) is 2.94. The highest BCUT2D eigenvalue weighted by Crippen LogP contribution is 2.39. The van der Waals surface area contributed by atoms with Crippen molar-refractivity contribution in [3.8, 4) is 11.5 Å². The Morgan fingerprint density at radius 2 is 2.00 bits per heavy atom. The molecule has 118 valence electrons. The molecule has 0 amide bonds. The molecule has 1 aromatic rings. The summed E-state index contributed by atoms with van der Waals surface area (Å²) in [6.45, 7) is 6.59. The molecule has 1 fully saturated rings. The summed E-state index contributed by atoms with van der Waals surface area (Å²) in [6, 6.07) is 4.26. The van der Waals surface area contributed by atoms with Crippen LogP contribution in [-0.2, 0) is 6.54 Å². The molecule has 1 saturated carbocycles. The van der Waals surface area contributed by atoms with Gasteiger partial charge in [-0.3, -0.25) is 0 Å². The third-order valence-corrected chi connectivity index (χ3v) is 4.48. The molecule has 0 atom stereocenters. The number of hydrogen-bond donors (Lipinski definition) is 1. The summed E-state index contributed by atoms with van der Waals surface area (Å²) >= 11 is 3.65. The molecule has 21 heavy (non-hydrogen) atoms. The fraction of sp³-hybridized carbons (Fsp3) is 0.647. The van der Waals surface area contributed by atoms with E-state index in [0.717, 1.165) is 41.9 Å². The van der Waals surface area contributed by atoms with Crippen molar-refractivity contribution in [1.29, 1.82) is 0 Å². The van der Waals surface area contributed by atoms with E-state index in [2.05, 4.69) is 47.2 Å². The average molecular weight is 357 g/mol. The molecule has 1 aliphatic rings. The summed E-state index contributed by atoms with van der Waals surface area (Å²) in [7, 11) is 1.71. The van der Waals surface area contributed by atoms with Crippen molar-refractivity contribution < 1.29 is 14.8 Å². The Labute approximate surface area is 136 Å². The third-order valence-electron chi connectivity index (χ3n) is 3.89. The topological polar surface area (TPSA) is 35.1 Å². The minimum Gasteiger partial charge on any atom is -0.493 e. The van der Waals surface area contributed by atoms with Crippen molar-refractivity contribution in [2.75, 3.05) is 13.7 Å². The van der Waals surface area contributed by atoms with Gasteiger partial charge in [-0.25, -0.2) is 0 Å². The summed E-state index contributed by atoms with van der Waals surface area (Å²) in [5.74, 6) is 2.40. The largest absolute Gasteiger partial charge is 0.493 e. The number of ether oxygens (including phenoxy) is 2. The summed E-state index contributed by atoms with van der Waals surface area (Å²) in [4.78, 5) is 0. The highest BCUT2D eigenvalue weighted by atomic mass is 79.9. The van der Waals surface area contributed by atoms with E-state index in [9.17, 15) is 0 Å². The van der Waals surface area contributed by atoms with Crippen LogP contribution in [0.15, 0.2) is 16.6 Å². The molecule has 2 N–H and O–H groups in total. The SMILES string of the molecule is COc1cc(C[NH2+]CC(C)C)cc(Br)c1OC1CCCC1. The molecule has 0 bridgehead atoms. The summed E-state index contributed by atoms with van der Waals surface area (Å²) in [6.07, 6.45) is 5.19. The number of quaternary nitrogens is 1. The van der Waals surface area contributed by atoms with Crippen LogP contribution < -0.4 is 14.8 Å². The van der Waals surface area contributed by atoms with E-state index in [-0.39, 0.29) is 0 Å². The van der Waals surface area contributed by atoms with Crippen LogP contribution in [0.25, 0.3) is 0 Å². The van der Waals surface area contributed by atoms with E-state index in [1.165, 1.54) is 18.4 Å². The van der Waals surface area contributed by atoms with Crippen molar-refractivity contribution in [1.82, 2.24) is 0 Å². The second-order valence-corrected chi connectivity index (χ2v) is 7.11. The molecule has 2 rings (SSSR count). The highest BCUT2D eigenvalue weighted by Gasteiger charge is 2.20. The van der Waals surface area contributed by atoms with Crippen LogP contribution in [0.4, 0.5) is 0 Å². The molecular formula is C17H27BrNO2+. The lowest BCUT2D eigenvalue weighted by Crippen LogP contribution is -2.83. The van der Waals surface area contributed by atoms with E-state index in [4.69, 9.17) is 9.47 Å². The van der Waals surface area contributed by atoms with Crippen molar-refractivity contribution in [3.05, 3.63) is 22.2 Å². The summed E-state index contributed by atoms with van der Waals surface area (Å²) in [5, 5.41) is 2.34. The van der Waals surface area contributed by atoms with E-state index >= 15 is 0 Å². The number of halogens is 1. The molecule has 0 aliphatic heterocycles. The maximum Gasteiger partial charge on any atom is 0.175 e. The van der Waals surface area contributed by atoms with Gasteiger partial charge in [-0.15, -0.1) is 0 Å². The van der Waals surface area contributed by atoms with Gasteiger partial charge in [0.1, 0.15) is 6.54 Å². The predicted molar refractivity (Wildman–Crippen MR) is 88.9 cm³/mol. The minimum atomic E-state index is 0.341.